The molecule has 4 rings (SSSR count). The van der Waals surface area contributed by atoms with Gasteiger partial charge in [0, 0.05) is 37.6 Å². The molecule has 2 aliphatic rings. The Balaban J connectivity index is 1.40. The highest BCUT2D eigenvalue weighted by Crippen LogP contribution is 2.31. The Labute approximate surface area is 161 Å². The van der Waals surface area contributed by atoms with E-state index in [0.717, 1.165) is 12.8 Å². The molecule has 1 saturated heterocycles. The average molecular weight is 392 g/mol. The van der Waals surface area contributed by atoms with Gasteiger partial charge in [0.15, 0.2) is 0 Å². The summed E-state index contributed by atoms with van der Waals surface area (Å²) in [5.74, 6) is 0.533. The molecule has 3 heterocycles. The van der Waals surface area contributed by atoms with Crippen LogP contribution in [0.25, 0.3) is 4.96 Å². The van der Waals surface area contributed by atoms with Crippen molar-refractivity contribution >= 4 is 33.8 Å². The number of nitro groups is 1. The Morgan fingerprint density at radius 1 is 1.33 bits per heavy atom. The van der Waals surface area contributed by atoms with Gasteiger partial charge in [0.25, 0.3) is 4.96 Å². The van der Waals surface area contributed by atoms with Crippen molar-refractivity contribution in [2.45, 2.75) is 44.7 Å². The molecule has 2 aromatic rings. The molecule has 1 unspecified atom stereocenters. The number of amides is 1. The normalized spacial score (nSPS) is 20.3. The molecule has 1 amide bonds. The van der Waals surface area contributed by atoms with E-state index in [4.69, 9.17) is 0 Å². The number of carbonyl (C=O) groups is 1. The minimum absolute atomic E-state index is 0.0201. The van der Waals surface area contributed by atoms with Gasteiger partial charge in [-0.1, -0.05) is 24.2 Å². The first-order valence-electron chi connectivity index (χ1n) is 9.44. The average Bonchev–Trinajstić information content (AvgIpc) is 3.37. The molecule has 1 aliphatic heterocycles. The van der Waals surface area contributed by atoms with E-state index in [9.17, 15) is 14.9 Å². The molecule has 0 spiro atoms. The summed E-state index contributed by atoms with van der Waals surface area (Å²) in [6.07, 6.45) is 6.22. The highest BCUT2D eigenvalue weighted by atomic mass is 32.1. The van der Waals surface area contributed by atoms with Gasteiger partial charge in [-0.3, -0.25) is 9.69 Å². The summed E-state index contributed by atoms with van der Waals surface area (Å²) in [5, 5.41) is 16.5. The second-order valence-corrected chi connectivity index (χ2v) is 8.13. The number of fused-ring (bicyclic) bond motifs is 1. The monoisotopic (exact) mass is 392 g/mol. The fourth-order valence-electron chi connectivity index (χ4n) is 4.02. The van der Waals surface area contributed by atoms with Gasteiger partial charge in [-0.05, 0) is 24.7 Å². The number of hydrogen-bond acceptors (Lipinski definition) is 7. The second-order valence-electron chi connectivity index (χ2n) is 7.26. The molecule has 0 radical (unpaired) electrons. The molecular weight excluding hydrogens is 368 g/mol. The van der Waals surface area contributed by atoms with E-state index in [1.54, 1.807) is 11.6 Å². The maximum atomic E-state index is 12.5. The van der Waals surface area contributed by atoms with Crippen molar-refractivity contribution in [1.29, 1.82) is 0 Å². The summed E-state index contributed by atoms with van der Waals surface area (Å²) in [4.78, 5) is 32.8. The SMILES string of the molecule is CC(C(=O)NC1CCCC1)N1CCN(c2nc3sccn3c2[N+](=O)[O-])CC1. The molecule has 27 heavy (non-hydrogen) atoms. The number of nitrogens with one attached hydrogen (secondary N) is 1. The van der Waals surface area contributed by atoms with E-state index in [2.05, 4.69) is 15.2 Å². The van der Waals surface area contributed by atoms with Crippen molar-refractivity contribution in [3.8, 4) is 0 Å². The summed E-state index contributed by atoms with van der Waals surface area (Å²) in [5.41, 5.74) is 0. The lowest BCUT2D eigenvalue weighted by Gasteiger charge is -2.37. The number of anilines is 1. The Kier molecular flexibility index (Phi) is 5.00. The van der Waals surface area contributed by atoms with Crippen molar-refractivity contribution in [3.05, 3.63) is 21.7 Å². The lowest BCUT2D eigenvalue weighted by molar-refractivity contribution is -0.389. The van der Waals surface area contributed by atoms with E-state index in [1.165, 1.54) is 28.6 Å². The topological polar surface area (TPSA) is 96.0 Å². The van der Waals surface area contributed by atoms with Crippen LogP contribution in [0.15, 0.2) is 11.6 Å². The third-order valence-electron chi connectivity index (χ3n) is 5.63. The number of imidazole rings is 1. The Hall–Kier alpha value is -2.20. The lowest BCUT2D eigenvalue weighted by atomic mass is 10.2. The van der Waals surface area contributed by atoms with E-state index >= 15 is 0 Å². The van der Waals surface area contributed by atoms with Gasteiger partial charge in [0.05, 0.1) is 6.04 Å². The van der Waals surface area contributed by atoms with Crippen molar-refractivity contribution in [1.82, 2.24) is 19.6 Å². The fourth-order valence-corrected chi connectivity index (χ4v) is 4.73. The van der Waals surface area contributed by atoms with Crippen LogP contribution >= 0.6 is 11.3 Å². The highest BCUT2D eigenvalue weighted by molar-refractivity contribution is 7.15. The lowest BCUT2D eigenvalue weighted by Crippen LogP contribution is -2.55. The maximum Gasteiger partial charge on any atom is 0.373 e. The van der Waals surface area contributed by atoms with Crippen LogP contribution in [0, 0.1) is 10.1 Å². The van der Waals surface area contributed by atoms with E-state index in [1.807, 2.05) is 11.8 Å². The van der Waals surface area contributed by atoms with Crippen LogP contribution in [0.1, 0.15) is 32.6 Å². The first-order valence-corrected chi connectivity index (χ1v) is 10.3. The number of piperazine rings is 1. The minimum atomic E-state index is -0.369. The zero-order valence-corrected chi connectivity index (χ0v) is 16.2. The van der Waals surface area contributed by atoms with Crippen LogP contribution in [0.4, 0.5) is 11.6 Å². The molecule has 146 valence electrons. The molecule has 1 aliphatic carbocycles. The van der Waals surface area contributed by atoms with Gasteiger partial charge in [-0.25, -0.2) is 0 Å². The minimum Gasteiger partial charge on any atom is -0.358 e. The Morgan fingerprint density at radius 3 is 2.70 bits per heavy atom. The summed E-state index contributed by atoms with van der Waals surface area (Å²) in [6, 6.07) is 0.135. The Bertz CT molecular complexity index is 835. The second kappa shape index (κ2) is 7.43. The molecule has 0 aromatic carbocycles. The maximum absolute atomic E-state index is 12.5. The molecular formula is C17H24N6O3S. The third-order valence-corrected chi connectivity index (χ3v) is 6.39. The van der Waals surface area contributed by atoms with E-state index < -0.39 is 0 Å². The summed E-state index contributed by atoms with van der Waals surface area (Å²) >= 11 is 1.39. The van der Waals surface area contributed by atoms with Gasteiger partial charge < -0.3 is 20.3 Å². The summed E-state index contributed by atoms with van der Waals surface area (Å²) < 4.78 is 1.53. The predicted molar refractivity (Wildman–Crippen MR) is 103 cm³/mol. The smallest absolute Gasteiger partial charge is 0.358 e. The number of aromatic nitrogens is 2. The van der Waals surface area contributed by atoms with Gasteiger partial charge in [-0.15, -0.1) is 0 Å². The predicted octanol–water partition coefficient (Wildman–Crippen LogP) is 1.87. The third kappa shape index (κ3) is 3.51. The van der Waals surface area contributed by atoms with Crippen LogP contribution in [0.5, 0.6) is 0 Å². The van der Waals surface area contributed by atoms with Crippen molar-refractivity contribution in [2.75, 3.05) is 31.1 Å². The van der Waals surface area contributed by atoms with Crippen molar-refractivity contribution < 1.29 is 9.72 Å². The van der Waals surface area contributed by atoms with Gasteiger partial charge in [0.1, 0.15) is 6.20 Å². The molecule has 1 saturated carbocycles. The number of thiazole rings is 1. The van der Waals surface area contributed by atoms with Crippen LogP contribution in [0.2, 0.25) is 0 Å². The number of nitrogens with zero attached hydrogens (tertiary/aromatic N) is 5. The quantitative estimate of drug-likeness (QED) is 0.616. The van der Waals surface area contributed by atoms with Gasteiger partial charge in [0.2, 0.25) is 11.7 Å². The largest absolute Gasteiger partial charge is 0.373 e. The van der Waals surface area contributed by atoms with Crippen LogP contribution < -0.4 is 10.2 Å². The van der Waals surface area contributed by atoms with Gasteiger partial charge in [-0.2, -0.15) is 9.38 Å². The summed E-state index contributed by atoms with van der Waals surface area (Å²) in [6.45, 7) is 4.54. The fraction of sp³-hybridized carbons (Fsp3) is 0.647. The zero-order chi connectivity index (χ0) is 19.0. The number of hydrogen-bond donors (Lipinski definition) is 1. The van der Waals surface area contributed by atoms with Crippen LogP contribution in [0.3, 0.4) is 0 Å². The molecule has 1 N–H and O–H groups in total. The van der Waals surface area contributed by atoms with Crippen molar-refractivity contribution in [3.63, 3.8) is 0 Å². The molecule has 1 atom stereocenters. The van der Waals surface area contributed by atoms with Crippen molar-refractivity contribution in [2.24, 2.45) is 0 Å². The molecule has 9 nitrogen and oxygen atoms in total. The first kappa shape index (κ1) is 18.2. The van der Waals surface area contributed by atoms with Gasteiger partial charge >= 0.3 is 5.82 Å². The first-order chi connectivity index (χ1) is 13.0. The van der Waals surface area contributed by atoms with Crippen LogP contribution in [-0.4, -0.2) is 63.4 Å². The molecule has 0 bridgehead atoms. The van der Waals surface area contributed by atoms with E-state index in [0.29, 0.717) is 43.0 Å². The highest BCUT2D eigenvalue weighted by Gasteiger charge is 2.32. The number of carbonyl (C=O) groups excluding carboxylic acids is 1. The van der Waals surface area contributed by atoms with E-state index in [-0.39, 0.29) is 22.7 Å². The van der Waals surface area contributed by atoms with Crippen LogP contribution in [-0.2, 0) is 4.79 Å². The standard InChI is InChI=1S/C17H24N6O3S/c1-12(15(24)18-13-4-2-3-5-13)20-6-8-21(9-7-20)14-16(23(25)26)22-10-11-27-17(22)19-14/h10-13H,2-9H2,1H3,(H,18,24). The molecule has 10 heteroatoms. The zero-order valence-electron chi connectivity index (χ0n) is 15.3. The Morgan fingerprint density at radius 2 is 2.04 bits per heavy atom. The molecule has 2 fully saturated rings. The summed E-state index contributed by atoms with van der Waals surface area (Å²) in [7, 11) is 0. The molecule has 2 aromatic heterocycles. The number of rotatable bonds is 5.